The maximum absolute atomic E-state index is 13.6. The number of carbonyl (C=O) groups excluding carboxylic acids is 15. The Kier molecular flexibility index (Phi) is 31.5. The highest BCUT2D eigenvalue weighted by atomic mass is 16.2. The summed E-state index contributed by atoms with van der Waals surface area (Å²) < 4.78 is 16.7. The van der Waals surface area contributed by atoms with Crippen LogP contribution in [0.1, 0.15) is 154 Å². The van der Waals surface area contributed by atoms with Crippen LogP contribution in [0, 0.1) is 0 Å². The highest BCUT2D eigenvalue weighted by Crippen LogP contribution is 2.27. The average molecular weight is 1840 g/mol. The Morgan fingerprint density at radius 3 is 0.821 bits per heavy atom. The maximum atomic E-state index is 13.6. The molecule has 0 saturated heterocycles. The highest BCUT2D eigenvalue weighted by Gasteiger charge is 2.27. The molecule has 11 rings (SSSR count). The maximum Gasteiger partial charge on any atom is 0.287 e. The fourth-order valence-corrected chi connectivity index (χ4v) is 14.4. The van der Waals surface area contributed by atoms with E-state index >= 15 is 0 Å². The lowest BCUT2D eigenvalue weighted by molar-refractivity contribution is -0.121. The van der Waals surface area contributed by atoms with Gasteiger partial charge >= 0.3 is 0 Å². The van der Waals surface area contributed by atoms with Crippen LogP contribution in [0.2, 0.25) is 0 Å². The first kappa shape index (κ1) is 97.9. The quantitative estimate of drug-likeness (QED) is 0.0143. The van der Waals surface area contributed by atoms with Crippen molar-refractivity contribution in [1.82, 2.24) is 96.5 Å². The second-order valence-corrected chi connectivity index (χ2v) is 32.7. The van der Waals surface area contributed by atoms with Crippen LogP contribution in [0.25, 0.3) is 0 Å². The SMILES string of the molecule is CN(C)CCCNC(=O)CCNC(=O)c1cc(NC(=O)c2cc(NC(=O)c3cc(NC(=O)c4cc(NC(=O)CCNC(=O)c5cc(NC(=O)c6cc(NC(=O)CCCNC(=O)c7nc(NC(=O)c8cc(NC(=O)c9cc(NC(=O)CCNC(=O)c%10cc(NC(=O)c%11cc(N=C(N(C)C)N(C)C)cn%11C)cn%10C)cn9C)cn8C)cn7C)cn6C)cn5C)cn4C)cn3C)cn2C)cn1C. The number of aromatic nitrogens is 12. The van der Waals surface area contributed by atoms with E-state index < -0.39 is 82.7 Å². The van der Waals surface area contributed by atoms with E-state index in [0.717, 1.165) is 13.0 Å². The van der Waals surface area contributed by atoms with E-state index in [2.05, 4.69) is 89.7 Å². The van der Waals surface area contributed by atoms with Crippen molar-refractivity contribution in [2.24, 2.45) is 82.5 Å². The summed E-state index contributed by atoms with van der Waals surface area (Å²) in [6, 6.07) is 14.9. The summed E-state index contributed by atoms with van der Waals surface area (Å²) in [5.74, 6) is -6.63. The van der Waals surface area contributed by atoms with E-state index in [1.807, 2.05) is 57.0 Å². The number of aryl methyl sites for hydroxylation is 11. The Morgan fingerprint density at radius 1 is 0.261 bits per heavy atom. The molecule has 134 heavy (non-hydrogen) atoms. The normalized spacial score (nSPS) is 11.0. The van der Waals surface area contributed by atoms with Gasteiger partial charge in [0.25, 0.3) is 65.0 Å². The van der Waals surface area contributed by atoms with Crippen LogP contribution in [0.3, 0.4) is 0 Å². The number of amides is 15. The number of nitrogens with one attached hydrogen (secondary N) is 15. The van der Waals surface area contributed by atoms with Crippen molar-refractivity contribution in [3.63, 3.8) is 0 Å². The van der Waals surface area contributed by atoms with Crippen LogP contribution in [0.15, 0.2) is 134 Å². The molecule has 15 N–H and O–H groups in total. The Hall–Kier alpha value is -16.7. The molecule has 0 aromatic carbocycles. The fourth-order valence-electron chi connectivity index (χ4n) is 14.4. The van der Waals surface area contributed by atoms with Gasteiger partial charge in [0.2, 0.25) is 35.4 Å². The van der Waals surface area contributed by atoms with Gasteiger partial charge in [0.15, 0.2) is 5.82 Å². The van der Waals surface area contributed by atoms with Crippen LogP contribution in [-0.4, -0.2) is 246 Å². The number of rotatable bonds is 39. The van der Waals surface area contributed by atoms with Crippen LogP contribution < -0.4 is 79.8 Å². The summed E-state index contributed by atoms with van der Waals surface area (Å²) in [7, 11) is 29.2. The summed E-state index contributed by atoms with van der Waals surface area (Å²) in [5, 5.41) is 41.3. The zero-order valence-electron chi connectivity index (χ0n) is 77.4. The van der Waals surface area contributed by atoms with E-state index in [-0.39, 0.29) is 144 Å². The van der Waals surface area contributed by atoms with Gasteiger partial charge in [-0.2, -0.15) is 0 Å². The summed E-state index contributed by atoms with van der Waals surface area (Å²) in [5.41, 5.74) is 5.31. The van der Waals surface area contributed by atoms with Gasteiger partial charge in [-0.05, 0) is 94.1 Å². The molecule has 708 valence electrons. The predicted octanol–water partition coefficient (Wildman–Crippen LogP) is 4.54. The molecule has 0 fully saturated rings. The number of imidazole rings is 1. The fraction of sp³-hybridized carbons (Fsp3) is 0.330. The molecule has 11 aromatic rings. The topological polar surface area (TPSA) is 526 Å². The summed E-state index contributed by atoms with van der Waals surface area (Å²) in [4.78, 5) is 214. The van der Waals surface area contributed by atoms with Crippen LogP contribution in [0.4, 0.5) is 62.7 Å². The molecule has 0 spiro atoms. The molecule has 46 nitrogen and oxygen atoms in total. The third-order valence-electron chi connectivity index (χ3n) is 21.0. The van der Waals surface area contributed by atoms with Gasteiger partial charge in [-0.25, -0.2) is 9.98 Å². The summed E-state index contributed by atoms with van der Waals surface area (Å²) in [6.07, 6.45) is 17.9. The lowest BCUT2D eigenvalue weighted by Gasteiger charge is -2.22. The first-order chi connectivity index (χ1) is 63.5. The Labute approximate surface area is 769 Å². The van der Waals surface area contributed by atoms with Gasteiger partial charge in [0, 0.05) is 232 Å². The van der Waals surface area contributed by atoms with Crippen molar-refractivity contribution >= 4 is 157 Å². The monoisotopic (exact) mass is 1840 g/mol. The van der Waals surface area contributed by atoms with Crippen LogP contribution in [-0.2, 0) is 96.7 Å². The van der Waals surface area contributed by atoms with E-state index in [1.54, 1.807) is 134 Å². The molecule has 0 aliphatic rings. The number of aliphatic imine (C=N–C) groups is 1. The van der Waals surface area contributed by atoms with Crippen molar-refractivity contribution in [3.8, 4) is 0 Å². The van der Waals surface area contributed by atoms with Crippen molar-refractivity contribution in [3.05, 3.63) is 192 Å². The molecule has 11 heterocycles. The number of guanidine groups is 1. The molecule has 0 aliphatic heterocycles. The molecular formula is C88H111N31O15. The van der Waals surface area contributed by atoms with Gasteiger partial charge < -0.3 is 145 Å². The molecule has 0 saturated carbocycles. The molecule has 0 aliphatic carbocycles. The second kappa shape index (κ2) is 43.1. The summed E-state index contributed by atoms with van der Waals surface area (Å²) >= 11 is 0. The Morgan fingerprint density at radius 2 is 0.515 bits per heavy atom. The van der Waals surface area contributed by atoms with Gasteiger partial charge in [0.1, 0.15) is 56.9 Å². The molecule has 0 bridgehead atoms. The predicted molar refractivity (Wildman–Crippen MR) is 502 cm³/mol. The third kappa shape index (κ3) is 25.4. The van der Waals surface area contributed by atoms with E-state index in [9.17, 15) is 71.9 Å². The summed E-state index contributed by atoms with van der Waals surface area (Å²) in [6.45, 7) is 1.43. The third-order valence-corrected chi connectivity index (χ3v) is 21.0. The number of hydrogen-bond acceptors (Lipinski definition) is 18. The van der Waals surface area contributed by atoms with E-state index in [0.29, 0.717) is 58.0 Å². The zero-order valence-corrected chi connectivity index (χ0v) is 77.4. The van der Waals surface area contributed by atoms with E-state index in [1.165, 1.54) is 122 Å². The average Bonchev–Trinajstić information content (AvgIpc) is 1.69. The number of carbonyl (C=O) groups is 15. The first-order valence-electron chi connectivity index (χ1n) is 42.3. The number of anilines is 10. The lowest BCUT2D eigenvalue weighted by Crippen LogP contribution is -2.35. The largest absolute Gasteiger partial charge is 0.356 e. The van der Waals surface area contributed by atoms with Gasteiger partial charge in [0.05, 0.1) is 56.9 Å². The minimum Gasteiger partial charge on any atom is -0.356 e. The molecule has 11 aromatic heterocycles. The first-order valence-corrected chi connectivity index (χ1v) is 42.3. The molecular weight excluding hydrogens is 1730 g/mol. The minimum atomic E-state index is -0.612. The Bertz CT molecular complexity index is 6370. The van der Waals surface area contributed by atoms with Gasteiger partial charge in [-0.3, -0.25) is 71.9 Å². The zero-order chi connectivity index (χ0) is 97.4. The van der Waals surface area contributed by atoms with Crippen LogP contribution >= 0.6 is 0 Å². The van der Waals surface area contributed by atoms with Gasteiger partial charge in [-0.1, -0.05) is 0 Å². The smallest absolute Gasteiger partial charge is 0.287 e. The van der Waals surface area contributed by atoms with Crippen LogP contribution in [0.5, 0.6) is 0 Å². The highest BCUT2D eigenvalue weighted by molar-refractivity contribution is 6.12. The van der Waals surface area contributed by atoms with Crippen molar-refractivity contribution in [2.75, 3.05) is 135 Å². The van der Waals surface area contributed by atoms with Gasteiger partial charge in [-0.15, -0.1) is 0 Å². The van der Waals surface area contributed by atoms with E-state index in [4.69, 9.17) is 0 Å². The molecule has 0 unspecified atom stereocenters. The molecule has 0 atom stereocenters. The minimum absolute atomic E-state index is 0.0246. The number of nitrogens with zero attached hydrogens (tertiary/aromatic N) is 16. The second-order valence-electron chi connectivity index (χ2n) is 32.7. The Balaban J connectivity index is 0.553. The van der Waals surface area contributed by atoms with Crippen molar-refractivity contribution in [2.45, 2.75) is 38.5 Å². The lowest BCUT2D eigenvalue weighted by atomic mass is 10.3. The molecule has 46 heteroatoms. The standard InChI is InChI=1S/C88H111N31O15/c1-106(2)29-19-25-89-72(120)21-26-91-77(124)61-33-55(44-109(61)7)98-83(130)67-37-58(47-115(67)13)101-84(131)68-36-57(46-116(68)14)100-81(128)65-31-52(41-113(65)11)95-74(122)22-27-92-78(125)62-34-54(43-110(62)8)97-80(127)64-30-51(40-112(64)10)94-73(121)20-18-24-90-87(134)76-104-71(50-119(76)17)105-86(133)70-38-59(48-117(70)15)102-82(129)66-32-53(42-114(66)12)96-75(123)23-28-93-79(126)63-35-56(45-111(63)9)99-85(132)69-39-60(49-118(69)16)103-88(107(3)4)108(5)6/h30-50H,18-29H2,1-17H3,(H,89,120)(H,90,134)(H,91,124)(H,92,125)(H,93,126)(H,94,121)(H,95,122)(H,96,123)(H,97,127)(H,98,130)(H,99,132)(H,100,128)(H,101,131)(H,102,129)(H,105,133). The van der Waals surface area contributed by atoms with Crippen molar-refractivity contribution in [1.29, 1.82) is 0 Å². The van der Waals surface area contributed by atoms with Crippen molar-refractivity contribution < 1.29 is 71.9 Å². The molecule has 0 radical (unpaired) electrons. The number of hydrogen-bond donors (Lipinski definition) is 15. The molecule has 15 amide bonds.